The van der Waals surface area contributed by atoms with E-state index in [4.69, 9.17) is 10.5 Å². The Balaban J connectivity index is 1.89. The van der Waals surface area contributed by atoms with Gasteiger partial charge in [-0.1, -0.05) is 0 Å². The van der Waals surface area contributed by atoms with E-state index in [1.54, 1.807) is 6.07 Å². The lowest BCUT2D eigenvalue weighted by Gasteiger charge is -2.25. The second-order valence-electron chi connectivity index (χ2n) is 5.80. The van der Waals surface area contributed by atoms with Gasteiger partial charge in [-0.05, 0) is 30.0 Å². The van der Waals surface area contributed by atoms with Crippen LogP contribution in [0.5, 0.6) is 0 Å². The van der Waals surface area contributed by atoms with Crippen LogP contribution >= 0.6 is 0 Å². The maximum absolute atomic E-state index is 12.8. The Kier molecular flexibility index (Phi) is 3.15. The molecule has 4 rings (SSSR count). The Bertz CT molecular complexity index is 790. The number of rotatable bonds is 3. The largest absolute Gasteiger partial charge is 0.368 e. The van der Waals surface area contributed by atoms with E-state index >= 15 is 0 Å². The zero-order valence-electron chi connectivity index (χ0n) is 12.1. The predicted octanol–water partition coefficient (Wildman–Crippen LogP) is 2.22. The summed E-state index contributed by atoms with van der Waals surface area (Å²) >= 11 is 0. The minimum atomic E-state index is -2.71. The van der Waals surface area contributed by atoms with Crippen molar-refractivity contribution in [3.63, 3.8) is 0 Å². The van der Waals surface area contributed by atoms with Crippen LogP contribution in [0.4, 0.5) is 8.78 Å². The first kappa shape index (κ1) is 14.3. The molecular weight excluding hydrogens is 306 g/mol. The summed E-state index contributed by atoms with van der Waals surface area (Å²) in [5.41, 5.74) is 8.29. The SMILES string of the molecule is NC(=O)c1cc(-c2cnn(C(F)F)c2)c2c(n1)[C@H]1CC[C@@H](C2)O1. The Labute approximate surface area is 130 Å². The summed E-state index contributed by atoms with van der Waals surface area (Å²) in [6.07, 6.45) is 4.98. The van der Waals surface area contributed by atoms with Gasteiger partial charge in [0, 0.05) is 18.2 Å². The van der Waals surface area contributed by atoms with Gasteiger partial charge in [-0.2, -0.15) is 13.9 Å². The molecule has 0 radical (unpaired) electrons. The number of halogens is 2. The summed E-state index contributed by atoms with van der Waals surface area (Å²) in [6, 6.07) is 1.55. The Morgan fingerprint density at radius 2 is 2.26 bits per heavy atom. The van der Waals surface area contributed by atoms with Crippen molar-refractivity contribution in [3.05, 3.63) is 35.4 Å². The number of aromatic nitrogens is 3. The minimum Gasteiger partial charge on any atom is -0.368 e. The summed E-state index contributed by atoms with van der Waals surface area (Å²) in [6.45, 7) is -2.71. The van der Waals surface area contributed by atoms with E-state index in [-0.39, 0.29) is 17.9 Å². The molecule has 0 spiro atoms. The van der Waals surface area contributed by atoms with E-state index in [0.717, 1.165) is 18.4 Å². The lowest BCUT2D eigenvalue weighted by atomic mass is 9.94. The zero-order valence-corrected chi connectivity index (χ0v) is 12.1. The zero-order chi connectivity index (χ0) is 16.1. The molecule has 2 bridgehead atoms. The molecule has 8 heteroatoms. The Morgan fingerprint density at radius 3 is 2.96 bits per heavy atom. The van der Waals surface area contributed by atoms with Gasteiger partial charge in [-0.15, -0.1) is 0 Å². The lowest BCUT2D eigenvalue weighted by molar-refractivity contribution is 0.0295. The quantitative estimate of drug-likeness (QED) is 0.940. The normalized spacial score (nSPS) is 22.4. The fraction of sp³-hybridized carbons (Fsp3) is 0.400. The summed E-state index contributed by atoms with van der Waals surface area (Å²) in [4.78, 5) is 15.9. The molecule has 0 aliphatic carbocycles. The topological polar surface area (TPSA) is 83.0 Å². The molecule has 2 atom stereocenters. The average molecular weight is 320 g/mol. The number of carbonyl (C=O) groups is 1. The smallest absolute Gasteiger partial charge is 0.333 e. The van der Waals surface area contributed by atoms with Crippen molar-refractivity contribution in [1.82, 2.24) is 14.8 Å². The monoisotopic (exact) mass is 320 g/mol. The number of hydrogen-bond acceptors (Lipinski definition) is 4. The van der Waals surface area contributed by atoms with E-state index < -0.39 is 12.5 Å². The highest BCUT2D eigenvalue weighted by molar-refractivity contribution is 5.92. The molecule has 1 amide bonds. The molecule has 2 aliphatic rings. The fourth-order valence-electron chi connectivity index (χ4n) is 3.32. The van der Waals surface area contributed by atoms with Gasteiger partial charge < -0.3 is 10.5 Å². The first-order valence-corrected chi connectivity index (χ1v) is 7.34. The standard InChI is InChI=1S/C15H14F2N4O2/c16-15(17)21-6-7(5-19-21)9-4-11(14(18)22)20-13-10(9)3-8-1-2-12(13)23-8/h4-6,8,12,15H,1-3H2,(H2,18,22)/t8-,12+/m0/s1. The van der Waals surface area contributed by atoms with Crippen molar-refractivity contribution in [2.75, 3.05) is 0 Å². The highest BCUT2D eigenvalue weighted by Crippen LogP contribution is 2.43. The molecule has 1 saturated heterocycles. The number of fused-ring (bicyclic) bond motifs is 4. The van der Waals surface area contributed by atoms with Gasteiger partial charge >= 0.3 is 6.55 Å². The molecule has 6 nitrogen and oxygen atoms in total. The van der Waals surface area contributed by atoms with Crippen LogP contribution in [0.2, 0.25) is 0 Å². The molecule has 120 valence electrons. The van der Waals surface area contributed by atoms with Gasteiger partial charge in [-0.25, -0.2) is 9.67 Å². The van der Waals surface area contributed by atoms with Crippen molar-refractivity contribution < 1.29 is 18.3 Å². The summed E-state index contributed by atoms with van der Waals surface area (Å²) in [7, 11) is 0. The highest BCUT2D eigenvalue weighted by atomic mass is 19.3. The van der Waals surface area contributed by atoms with Crippen LogP contribution in [0.25, 0.3) is 11.1 Å². The number of nitrogens with zero attached hydrogens (tertiary/aromatic N) is 3. The van der Waals surface area contributed by atoms with E-state index in [1.165, 1.54) is 12.4 Å². The van der Waals surface area contributed by atoms with Crippen molar-refractivity contribution in [2.24, 2.45) is 5.73 Å². The number of amides is 1. The Morgan fingerprint density at radius 1 is 1.43 bits per heavy atom. The van der Waals surface area contributed by atoms with Crippen LogP contribution in [0.3, 0.4) is 0 Å². The third-order valence-electron chi connectivity index (χ3n) is 4.37. The van der Waals surface area contributed by atoms with Crippen LogP contribution in [0.15, 0.2) is 18.5 Å². The van der Waals surface area contributed by atoms with Gasteiger partial charge in [-0.3, -0.25) is 4.79 Å². The molecular formula is C15H14F2N4O2. The van der Waals surface area contributed by atoms with Crippen LogP contribution in [-0.2, 0) is 11.2 Å². The number of carbonyl (C=O) groups excluding carboxylic acids is 1. The van der Waals surface area contributed by atoms with E-state index in [0.29, 0.717) is 27.9 Å². The second kappa shape index (κ2) is 5.09. The average Bonchev–Trinajstić information content (AvgIpc) is 3.14. The van der Waals surface area contributed by atoms with Crippen LogP contribution in [0, 0.1) is 0 Å². The summed E-state index contributed by atoms with van der Waals surface area (Å²) in [5.74, 6) is -0.657. The summed E-state index contributed by atoms with van der Waals surface area (Å²) in [5, 5.41) is 3.67. The number of hydrogen-bond donors (Lipinski definition) is 1. The maximum atomic E-state index is 12.8. The minimum absolute atomic E-state index is 0.109. The highest BCUT2D eigenvalue weighted by Gasteiger charge is 2.37. The van der Waals surface area contributed by atoms with Gasteiger partial charge in [0.05, 0.1) is 18.0 Å². The molecule has 0 saturated carbocycles. The molecule has 2 aliphatic heterocycles. The van der Waals surface area contributed by atoms with Crippen molar-refractivity contribution >= 4 is 5.91 Å². The maximum Gasteiger partial charge on any atom is 0.333 e. The van der Waals surface area contributed by atoms with Gasteiger partial charge in [0.2, 0.25) is 0 Å². The molecule has 2 aromatic heterocycles. The number of pyridine rings is 1. The second-order valence-corrected chi connectivity index (χ2v) is 5.80. The molecule has 2 N–H and O–H groups in total. The molecule has 1 fully saturated rings. The number of alkyl halides is 2. The van der Waals surface area contributed by atoms with E-state index in [2.05, 4.69) is 10.1 Å². The number of nitrogens with two attached hydrogens (primary N) is 1. The molecule has 0 aromatic carbocycles. The summed E-state index contributed by atoms with van der Waals surface area (Å²) < 4.78 is 32.0. The molecule has 23 heavy (non-hydrogen) atoms. The van der Waals surface area contributed by atoms with Gasteiger partial charge in [0.1, 0.15) is 11.8 Å². The van der Waals surface area contributed by atoms with Crippen molar-refractivity contribution in [2.45, 2.75) is 38.0 Å². The molecule has 2 aromatic rings. The fourth-order valence-corrected chi connectivity index (χ4v) is 3.32. The van der Waals surface area contributed by atoms with Gasteiger partial charge in [0.25, 0.3) is 5.91 Å². The third kappa shape index (κ3) is 2.29. The van der Waals surface area contributed by atoms with Crippen LogP contribution in [-0.4, -0.2) is 26.8 Å². The van der Waals surface area contributed by atoms with Crippen LogP contribution in [0.1, 0.15) is 47.2 Å². The Hall–Kier alpha value is -2.35. The third-order valence-corrected chi connectivity index (χ3v) is 4.37. The van der Waals surface area contributed by atoms with Crippen molar-refractivity contribution in [3.8, 4) is 11.1 Å². The number of ether oxygens (including phenoxy) is 1. The lowest BCUT2D eigenvalue weighted by Crippen LogP contribution is -2.23. The van der Waals surface area contributed by atoms with Crippen molar-refractivity contribution in [1.29, 1.82) is 0 Å². The number of primary amides is 1. The van der Waals surface area contributed by atoms with Crippen LogP contribution < -0.4 is 5.73 Å². The van der Waals surface area contributed by atoms with E-state index in [9.17, 15) is 13.6 Å². The first-order chi connectivity index (χ1) is 11.0. The van der Waals surface area contributed by atoms with E-state index in [1.807, 2.05) is 0 Å². The predicted molar refractivity (Wildman–Crippen MR) is 75.8 cm³/mol. The molecule has 0 unspecified atom stereocenters. The first-order valence-electron chi connectivity index (χ1n) is 7.34. The van der Waals surface area contributed by atoms with Gasteiger partial charge in [0.15, 0.2) is 0 Å². The molecule has 4 heterocycles.